The molecule has 154 valence electrons. The number of nitrogens with zero attached hydrogens (tertiary/aromatic N) is 3. The number of fused-ring (bicyclic) bond motifs is 3. The van der Waals surface area contributed by atoms with Crippen LogP contribution in [0.5, 0.6) is 0 Å². The molecule has 4 rings (SSSR count). The third-order valence-corrected chi connectivity index (χ3v) is 4.98. The lowest BCUT2D eigenvalue weighted by atomic mass is 10.1. The second kappa shape index (κ2) is 8.12. The van der Waals surface area contributed by atoms with Gasteiger partial charge < -0.3 is 14.6 Å². The highest BCUT2D eigenvalue weighted by molar-refractivity contribution is 5.97. The largest absolute Gasteiger partial charge is 0.377 e. The molecule has 0 unspecified atom stereocenters. The first-order valence-electron chi connectivity index (χ1n) is 9.91. The van der Waals surface area contributed by atoms with Gasteiger partial charge in [0.05, 0.1) is 29.9 Å². The third kappa shape index (κ3) is 3.71. The van der Waals surface area contributed by atoms with Crippen molar-refractivity contribution in [2.45, 2.75) is 20.0 Å². The third-order valence-electron chi connectivity index (χ3n) is 4.98. The Morgan fingerprint density at radius 1 is 1.17 bits per heavy atom. The summed E-state index contributed by atoms with van der Waals surface area (Å²) >= 11 is 0. The number of carbonyl (C=O) groups is 1. The molecular formula is C23H24N4O3. The highest BCUT2D eigenvalue weighted by Gasteiger charge is 2.16. The second-order valence-electron chi connectivity index (χ2n) is 7.50. The van der Waals surface area contributed by atoms with Crippen molar-refractivity contribution in [3.63, 3.8) is 0 Å². The van der Waals surface area contributed by atoms with E-state index in [9.17, 15) is 9.59 Å². The number of nitrogens with one attached hydrogen (secondary N) is 1. The summed E-state index contributed by atoms with van der Waals surface area (Å²) in [7, 11) is 1.76. The average molecular weight is 404 g/mol. The Bertz CT molecular complexity index is 1260. The van der Waals surface area contributed by atoms with E-state index in [0.717, 1.165) is 11.1 Å². The molecule has 1 N–H and O–H groups in total. The van der Waals surface area contributed by atoms with Crippen molar-refractivity contribution < 1.29 is 9.53 Å². The number of hydrogen-bond donors (Lipinski definition) is 1. The lowest BCUT2D eigenvalue weighted by Gasteiger charge is -2.18. The van der Waals surface area contributed by atoms with E-state index in [-0.39, 0.29) is 17.6 Å². The Morgan fingerprint density at radius 2 is 1.93 bits per heavy atom. The van der Waals surface area contributed by atoms with Gasteiger partial charge in [0.25, 0.3) is 11.5 Å². The summed E-state index contributed by atoms with van der Waals surface area (Å²) < 4.78 is 7.36. The van der Waals surface area contributed by atoms with Crippen molar-refractivity contribution >= 4 is 22.5 Å². The minimum atomic E-state index is -0.223. The molecule has 2 heterocycles. The van der Waals surface area contributed by atoms with Crippen molar-refractivity contribution in [3.8, 4) is 11.4 Å². The van der Waals surface area contributed by atoms with Crippen LogP contribution < -0.4 is 5.56 Å². The SMILES string of the molecule is CC(C)OCCN(C)C(=O)c1ccc2[nH]c(=O)c3cnc(-c4ccccc4)n3c2c1. The molecule has 7 nitrogen and oxygen atoms in total. The Morgan fingerprint density at radius 3 is 2.67 bits per heavy atom. The van der Waals surface area contributed by atoms with Crippen LogP contribution >= 0.6 is 0 Å². The normalized spacial score (nSPS) is 11.5. The van der Waals surface area contributed by atoms with Crippen molar-refractivity contribution in [2.75, 3.05) is 20.2 Å². The molecule has 0 aliphatic rings. The minimum Gasteiger partial charge on any atom is -0.377 e. The predicted octanol–water partition coefficient (Wildman–Crippen LogP) is 3.34. The Balaban J connectivity index is 1.79. The summed E-state index contributed by atoms with van der Waals surface area (Å²) in [5, 5.41) is 0. The molecule has 0 saturated heterocycles. The molecule has 30 heavy (non-hydrogen) atoms. The zero-order valence-corrected chi connectivity index (χ0v) is 17.3. The van der Waals surface area contributed by atoms with Gasteiger partial charge in [-0.15, -0.1) is 0 Å². The number of rotatable bonds is 6. The molecule has 0 radical (unpaired) electrons. The Kier molecular flexibility index (Phi) is 5.37. The number of aromatic amines is 1. The van der Waals surface area contributed by atoms with E-state index in [1.165, 1.54) is 0 Å². The molecule has 2 aromatic carbocycles. The van der Waals surface area contributed by atoms with Crippen LogP contribution in [-0.4, -0.2) is 51.5 Å². The first kappa shape index (κ1) is 19.8. The zero-order valence-electron chi connectivity index (χ0n) is 17.3. The predicted molar refractivity (Wildman–Crippen MR) is 117 cm³/mol. The molecule has 0 bridgehead atoms. The average Bonchev–Trinajstić information content (AvgIpc) is 3.19. The fraction of sp³-hybridized carbons (Fsp3) is 0.261. The second-order valence-corrected chi connectivity index (χ2v) is 7.50. The van der Waals surface area contributed by atoms with Gasteiger partial charge in [-0.2, -0.15) is 0 Å². The number of H-pyrrole nitrogens is 1. The molecule has 0 aliphatic heterocycles. The number of amides is 1. The van der Waals surface area contributed by atoms with Crippen molar-refractivity contribution in [3.05, 3.63) is 70.6 Å². The van der Waals surface area contributed by atoms with Gasteiger partial charge in [0, 0.05) is 24.7 Å². The summed E-state index contributed by atoms with van der Waals surface area (Å²) in [6, 6.07) is 15.0. The highest BCUT2D eigenvalue weighted by atomic mass is 16.5. The van der Waals surface area contributed by atoms with Crippen LogP contribution in [0.1, 0.15) is 24.2 Å². The maximum Gasteiger partial charge on any atom is 0.274 e. The van der Waals surface area contributed by atoms with Gasteiger partial charge in [0.1, 0.15) is 11.3 Å². The topological polar surface area (TPSA) is 79.7 Å². The summed E-state index contributed by atoms with van der Waals surface area (Å²) in [5.74, 6) is 0.551. The number of likely N-dealkylation sites (N-methyl/N-ethyl adjacent to an activating group) is 1. The van der Waals surface area contributed by atoms with Crippen LogP contribution in [0.3, 0.4) is 0 Å². The van der Waals surface area contributed by atoms with Crippen LogP contribution in [0.25, 0.3) is 27.9 Å². The number of imidazole rings is 1. The molecule has 0 fully saturated rings. The van der Waals surface area contributed by atoms with Crippen LogP contribution in [0.2, 0.25) is 0 Å². The van der Waals surface area contributed by atoms with Crippen molar-refractivity contribution in [2.24, 2.45) is 0 Å². The number of carbonyl (C=O) groups excluding carboxylic acids is 1. The Labute approximate surface area is 173 Å². The van der Waals surface area contributed by atoms with Crippen LogP contribution in [0.4, 0.5) is 0 Å². The zero-order chi connectivity index (χ0) is 21.3. The van der Waals surface area contributed by atoms with Crippen molar-refractivity contribution in [1.29, 1.82) is 0 Å². The highest BCUT2D eigenvalue weighted by Crippen LogP contribution is 2.23. The fourth-order valence-corrected chi connectivity index (χ4v) is 3.44. The lowest BCUT2D eigenvalue weighted by Crippen LogP contribution is -2.30. The first-order chi connectivity index (χ1) is 14.5. The first-order valence-corrected chi connectivity index (χ1v) is 9.91. The summed E-state index contributed by atoms with van der Waals surface area (Å²) in [4.78, 5) is 34.5. The minimum absolute atomic E-state index is 0.106. The van der Waals surface area contributed by atoms with E-state index in [4.69, 9.17) is 4.74 Å². The van der Waals surface area contributed by atoms with Gasteiger partial charge in [0.15, 0.2) is 0 Å². The van der Waals surface area contributed by atoms with E-state index in [0.29, 0.717) is 35.6 Å². The smallest absolute Gasteiger partial charge is 0.274 e. The van der Waals surface area contributed by atoms with Gasteiger partial charge in [-0.1, -0.05) is 30.3 Å². The number of aromatic nitrogens is 3. The quantitative estimate of drug-likeness (QED) is 0.535. The van der Waals surface area contributed by atoms with Gasteiger partial charge in [0.2, 0.25) is 0 Å². The van der Waals surface area contributed by atoms with E-state index in [1.54, 1.807) is 36.3 Å². The van der Waals surface area contributed by atoms with Gasteiger partial charge in [-0.05, 0) is 32.0 Å². The summed E-state index contributed by atoms with van der Waals surface area (Å²) in [5.41, 5.74) is 3.01. The maximum atomic E-state index is 12.9. The molecule has 2 aromatic heterocycles. The molecule has 0 spiro atoms. The summed E-state index contributed by atoms with van der Waals surface area (Å²) in [6.45, 7) is 4.90. The number of benzene rings is 2. The van der Waals surface area contributed by atoms with E-state index >= 15 is 0 Å². The van der Waals surface area contributed by atoms with E-state index < -0.39 is 0 Å². The molecule has 0 saturated carbocycles. The Hall–Kier alpha value is -3.45. The van der Waals surface area contributed by atoms with Crippen molar-refractivity contribution in [1.82, 2.24) is 19.3 Å². The number of ether oxygens (including phenoxy) is 1. The monoisotopic (exact) mass is 404 g/mol. The van der Waals surface area contributed by atoms with Crippen LogP contribution in [0, 0.1) is 0 Å². The fourth-order valence-electron chi connectivity index (χ4n) is 3.44. The molecule has 0 atom stereocenters. The van der Waals surface area contributed by atoms with E-state index in [1.807, 2.05) is 48.6 Å². The van der Waals surface area contributed by atoms with Crippen LogP contribution in [0.15, 0.2) is 59.5 Å². The van der Waals surface area contributed by atoms with Gasteiger partial charge >= 0.3 is 0 Å². The van der Waals surface area contributed by atoms with Crippen LogP contribution in [-0.2, 0) is 4.74 Å². The summed E-state index contributed by atoms with van der Waals surface area (Å²) in [6.07, 6.45) is 1.68. The standard InChI is InChI=1S/C23H24N4O3/c1-15(2)30-12-11-26(3)23(29)17-9-10-18-19(13-17)27-20(22(28)25-18)14-24-21(27)16-7-5-4-6-8-16/h4-10,13-15H,11-12H2,1-3H3,(H,25,28). The number of hydrogen-bond acceptors (Lipinski definition) is 4. The molecule has 4 aromatic rings. The molecule has 1 amide bonds. The van der Waals surface area contributed by atoms with Gasteiger partial charge in [-0.3, -0.25) is 14.0 Å². The lowest BCUT2D eigenvalue weighted by molar-refractivity contribution is 0.0532. The molecular weight excluding hydrogens is 380 g/mol. The molecule has 7 heteroatoms. The molecule has 0 aliphatic carbocycles. The van der Waals surface area contributed by atoms with E-state index in [2.05, 4.69) is 9.97 Å². The van der Waals surface area contributed by atoms with Gasteiger partial charge in [-0.25, -0.2) is 4.98 Å². The maximum absolute atomic E-state index is 12.9.